The summed E-state index contributed by atoms with van der Waals surface area (Å²) in [5.74, 6) is -0.367. The molecule has 104 valence electrons. The Morgan fingerprint density at radius 1 is 1.42 bits per heavy atom. The average molecular weight is 264 g/mol. The molecule has 0 aliphatic heterocycles. The van der Waals surface area contributed by atoms with E-state index in [0.717, 1.165) is 12.2 Å². The van der Waals surface area contributed by atoms with Gasteiger partial charge in [-0.05, 0) is 31.0 Å². The molecule has 5 heteroatoms. The van der Waals surface area contributed by atoms with Crippen LogP contribution < -0.4 is 10.6 Å². The van der Waals surface area contributed by atoms with Gasteiger partial charge in [0.25, 0.3) is 0 Å². The third-order valence-corrected chi connectivity index (χ3v) is 3.28. The van der Waals surface area contributed by atoms with E-state index in [9.17, 15) is 4.79 Å². The van der Waals surface area contributed by atoms with Crippen LogP contribution >= 0.6 is 0 Å². The van der Waals surface area contributed by atoms with Crippen LogP contribution in [0.5, 0.6) is 0 Å². The van der Waals surface area contributed by atoms with Gasteiger partial charge in [-0.1, -0.05) is 0 Å². The second-order valence-corrected chi connectivity index (χ2v) is 4.68. The highest BCUT2D eigenvalue weighted by Gasteiger charge is 2.30. The van der Waals surface area contributed by atoms with Gasteiger partial charge in [-0.15, -0.1) is 0 Å². The molecule has 1 saturated carbocycles. The summed E-state index contributed by atoms with van der Waals surface area (Å²) in [5.41, 5.74) is 8.11. The second-order valence-electron chi connectivity index (χ2n) is 4.68. The summed E-state index contributed by atoms with van der Waals surface area (Å²) in [7, 11) is 3.05. The van der Waals surface area contributed by atoms with Crippen molar-refractivity contribution in [3.05, 3.63) is 23.8 Å². The predicted molar refractivity (Wildman–Crippen MR) is 74.4 cm³/mol. The molecule has 5 nitrogen and oxygen atoms in total. The number of benzene rings is 1. The molecule has 0 saturated heterocycles. The van der Waals surface area contributed by atoms with Crippen LogP contribution in [-0.2, 0) is 9.47 Å². The fourth-order valence-electron chi connectivity index (χ4n) is 2.14. The van der Waals surface area contributed by atoms with Crippen LogP contribution in [0.4, 0.5) is 11.4 Å². The topological polar surface area (TPSA) is 64.8 Å². The zero-order chi connectivity index (χ0) is 13.8. The van der Waals surface area contributed by atoms with Crippen molar-refractivity contribution in [3.63, 3.8) is 0 Å². The van der Waals surface area contributed by atoms with Crippen LogP contribution in [0.2, 0.25) is 0 Å². The molecule has 0 atom stereocenters. The van der Waals surface area contributed by atoms with Gasteiger partial charge in [0.05, 0.1) is 30.7 Å². The minimum absolute atomic E-state index is 0.367. The van der Waals surface area contributed by atoms with Gasteiger partial charge in [-0.3, -0.25) is 0 Å². The minimum atomic E-state index is -0.367. The van der Waals surface area contributed by atoms with Gasteiger partial charge in [0.2, 0.25) is 0 Å². The third-order valence-electron chi connectivity index (χ3n) is 3.28. The Morgan fingerprint density at radius 3 is 2.68 bits per heavy atom. The van der Waals surface area contributed by atoms with E-state index in [1.165, 1.54) is 20.0 Å². The zero-order valence-corrected chi connectivity index (χ0v) is 11.4. The maximum absolute atomic E-state index is 11.5. The fourth-order valence-corrected chi connectivity index (χ4v) is 2.14. The van der Waals surface area contributed by atoms with Crippen molar-refractivity contribution >= 4 is 17.3 Å². The highest BCUT2D eigenvalue weighted by Crippen LogP contribution is 2.35. The molecule has 1 aromatic rings. The lowest BCUT2D eigenvalue weighted by Gasteiger charge is -2.26. The van der Waals surface area contributed by atoms with E-state index < -0.39 is 0 Å². The Morgan fingerprint density at radius 2 is 2.16 bits per heavy atom. The first-order valence-corrected chi connectivity index (χ1v) is 6.40. The first-order valence-electron chi connectivity index (χ1n) is 6.40. The van der Waals surface area contributed by atoms with E-state index in [1.807, 2.05) is 6.07 Å². The quantitative estimate of drug-likeness (QED) is 0.625. The van der Waals surface area contributed by atoms with Crippen molar-refractivity contribution in [1.82, 2.24) is 0 Å². The van der Waals surface area contributed by atoms with Crippen LogP contribution in [0, 0.1) is 0 Å². The first-order chi connectivity index (χ1) is 9.17. The van der Waals surface area contributed by atoms with Gasteiger partial charge in [-0.2, -0.15) is 0 Å². The lowest BCUT2D eigenvalue weighted by atomic mass is 10.1. The Labute approximate surface area is 113 Å². The van der Waals surface area contributed by atoms with Crippen LogP contribution in [0.3, 0.4) is 0 Å². The van der Waals surface area contributed by atoms with Crippen molar-refractivity contribution in [2.45, 2.75) is 18.9 Å². The minimum Gasteiger partial charge on any atom is -0.465 e. The lowest BCUT2D eigenvalue weighted by molar-refractivity contribution is 0.0601. The van der Waals surface area contributed by atoms with Crippen LogP contribution in [0.1, 0.15) is 23.2 Å². The molecule has 0 unspecified atom stereocenters. The van der Waals surface area contributed by atoms with E-state index in [1.54, 1.807) is 19.2 Å². The maximum Gasteiger partial charge on any atom is 0.337 e. The molecule has 0 bridgehead atoms. The van der Waals surface area contributed by atoms with Gasteiger partial charge in [0.1, 0.15) is 0 Å². The smallest absolute Gasteiger partial charge is 0.337 e. The first kappa shape index (κ1) is 13.7. The van der Waals surface area contributed by atoms with Crippen LogP contribution in [-0.4, -0.2) is 39.4 Å². The van der Waals surface area contributed by atoms with Crippen LogP contribution in [0.25, 0.3) is 0 Å². The molecule has 1 aliphatic rings. The Bertz CT molecular complexity index is 458. The molecular weight excluding hydrogens is 244 g/mol. The van der Waals surface area contributed by atoms with E-state index in [4.69, 9.17) is 10.5 Å². The molecule has 1 aromatic carbocycles. The third kappa shape index (κ3) is 3.17. The molecule has 2 N–H and O–H groups in total. The molecule has 2 rings (SSSR count). The number of carbonyl (C=O) groups excluding carboxylic acids is 1. The molecule has 0 radical (unpaired) electrons. The SMILES string of the molecule is COCCN(c1ccc(C(=O)OC)cc1N)C1CC1. The summed E-state index contributed by atoms with van der Waals surface area (Å²) in [6.07, 6.45) is 2.36. The number of hydrogen-bond donors (Lipinski definition) is 1. The zero-order valence-electron chi connectivity index (χ0n) is 11.4. The number of esters is 1. The van der Waals surface area contributed by atoms with Crippen molar-refractivity contribution in [3.8, 4) is 0 Å². The van der Waals surface area contributed by atoms with Gasteiger partial charge < -0.3 is 20.1 Å². The summed E-state index contributed by atoms with van der Waals surface area (Å²) < 4.78 is 9.82. The maximum atomic E-state index is 11.5. The van der Waals surface area contributed by atoms with Gasteiger partial charge in [0.15, 0.2) is 0 Å². The summed E-state index contributed by atoms with van der Waals surface area (Å²) in [6, 6.07) is 5.85. The van der Waals surface area contributed by atoms with Gasteiger partial charge in [0, 0.05) is 19.7 Å². The molecule has 0 aromatic heterocycles. The van der Waals surface area contributed by atoms with E-state index >= 15 is 0 Å². The number of rotatable bonds is 6. The predicted octanol–water partition coefficient (Wildman–Crippen LogP) is 1.67. The van der Waals surface area contributed by atoms with Crippen molar-refractivity contribution in [2.75, 3.05) is 38.0 Å². The number of hydrogen-bond acceptors (Lipinski definition) is 5. The van der Waals surface area contributed by atoms with Crippen molar-refractivity contribution in [1.29, 1.82) is 0 Å². The highest BCUT2D eigenvalue weighted by molar-refractivity contribution is 5.92. The monoisotopic (exact) mass is 264 g/mol. The van der Waals surface area contributed by atoms with Crippen LogP contribution in [0.15, 0.2) is 18.2 Å². The van der Waals surface area contributed by atoms with Gasteiger partial charge in [-0.25, -0.2) is 4.79 Å². The van der Waals surface area contributed by atoms with Crippen molar-refractivity contribution < 1.29 is 14.3 Å². The average Bonchev–Trinajstić information content (AvgIpc) is 3.24. The second kappa shape index (κ2) is 5.93. The number of nitrogens with two attached hydrogens (primary N) is 1. The number of carbonyl (C=O) groups is 1. The number of nitrogen functional groups attached to an aromatic ring is 1. The molecule has 0 heterocycles. The summed E-state index contributed by atoms with van der Waals surface area (Å²) in [4.78, 5) is 13.7. The summed E-state index contributed by atoms with van der Waals surface area (Å²) >= 11 is 0. The molecule has 19 heavy (non-hydrogen) atoms. The fraction of sp³-hybridized carbons (Fsp3) is 0.500. The summed E-state index contributed by atoms with van der Waals surface area (Å²) in [5, 5.41) is 0. The molecule has 0 amide bonds. The standard InChI is InChI=1S/C14H20N2O3/c1-18-8-7-16(11-4-5-11)13-6-3-10(9-12(13)15)14(17)19-2/h3,6,9,11H,4-5,7-8,15H2,1-2H3. The van der Waals surface area contributed by atoms with Crippen molar-refractivity contribution in [2.24, 2.45) is 0 Å². The Balaban J connectivity index is 2.20. The highest BCUT2D eigenvalue weighted by atomic mass is 16.5. The molecule has 1 aliphatic carbocycles. The lowest BCUT2D eigenvalue weighted by Crippen LogP contribution is -2.30. The number of anilines is 2. The Kier molecular flexibility index (Phi) is 4.27. The molecular formula is C14H20N2O3. The van der Waals surface area contributed by atoms with E-state index in [-0.39, 0.29) is 5.97 Å². The number of methoxy groups -OCH3 is 2. The largest absolute Gasteiger partial charge is 0.465 e. The Hall–Kier alpha value is -1.75. The number of nitrogens with zero attached hydrogens (tertiary/aromatic N) is 1. The van der Waals surface area contributed by atoms with E-state index in [0.29, 0.717) is 23.9 Å². The van der Waals surface area contributed by atoms with E-state index in [2.05, 4.69) is 9.64 Å². The number of ether oxygens (including phenoxy) is 2. The molecule has 1 fully saturated rings. The molecule has 0 spiro atoms. The normalized spacial score (nSPS) is 14.2. The van der Waals surface area contributed by atoms with Gasteiger partial charge >= 0.3 is 5.97 Å². The summed E-state index contributed by atoms with van der Waals surface area (Å²) in [6.45, 7) is 1.47.